The monoisotopic (exact) mass is 401 g/mol. The van der Waals surface area contributed by atoms with E-state index in [-0.39, 0.29) is 13.3 Å². The van der Waals surface area contributed by atoms with Crippen LogP contribution >= 0.6 is 0 Å². The third kappa shape index (κ3) is 3.55. The number of hydrogen-bond donors (Lipinski definition) is 2. The van der Waals surface area contributed by atoms with Gasteiger partial charge in [-0.3, -0.25) is 19.9 Å². The maximum atomic E-state index is 12.8. The Kier molecular flexibility index (Phi) is 5.29. The van der Waals surface area contributed by atoms with Crippen LogP contribution in [0.2, 0.25) is 0 Å². The maximum absolute atomic E-state index is 12.8. The highest BCUT2D eigenvalue weighted by Gasteiger charge is 2.25. The second-order valence-electron chi connectivity index (χ2n) is 7.24. The number of rotatable bonds is 3. The highest BCUT2D eigenvalue weighted by Crippen LogP contribution is 2.30. The summed E-state index contributed by atoms with van der Waals surface area (Å²) in [4.78, 5) is 23.3. The van der Waals surface area contributed by atoms with Crippen molar-refractivity contribution in [2.45, 2.75) is 20.0 Å². The van der Waals surface area contributed by atoms with Crippen molar-refractivity contribution in [3.05, 3.63) is 66.9 Å². The molecule has 0 aliphatic carbocycles. The molecule has 1 fully saturated rings. The number of aliphatic hydroxyl groups excluding tert-OH is 1. The standard InChI is InChI=1S/C22H19N5O2.CH4/c28-18-5-6-27(13-18)22(29)16-7-19-20(11-23-12-21(19)24-8-16)15-3-1-14(2-4-15)17-9-25-26-10-17;/h1-4,7-12,18,28H,5-6,13H2,(H,25,26);1H4. The fourth-order valence-electron chi connectivity index (χ4n) is 3.75. The van der Waals surface area contributed by atoms with E-state index in [0.29, 0.717) is 25.1 Å². The molecule has 1 unspecified atom stereocenters. The van der Waals surface area contributed by atoms with E-state index in [1.165, 1.54) is 0 Å². The topological polar surface area (TPSA) is 95.0 Å². The average Bonchev–Trinajstić information content (AvgIpc) is 3.45. The highest BCUT2D eigenvalue weighted by molar-refractivity contribution is 6.01. The van der Waals surface area contributed by atoms with Gasteiger partial charge in [0.2, 0.25) is 0 Å². The predicted molar refractivity (Wildman–Crippen MR) is 116 cm³/mol. The number of aliphatic hydroxyl groups is 1. The third-order valence-corrected chi connectivity index (χ3v) is 5.33. The van der Waals surface area contributed by atoms with Crippen LogP contribution in [0.25, 0.3) is 33.2 Å². The zero-order valence-corrected chi connectivity index (χ0v) is 15.6. The number of benzene rings is 1. The Labute approximate surface area is 174 Å². The summed E-state index contributed by atoms with van der Waals surface area (Å²) in [6.07, 6.45) is 8.89. The van der Waals surface area contributed by atoms with Gasteiger partial charge >= 0.3 is 0 Å². The van der Waals surface area contributed by atoms with Crippen LogP contribution in [-0.2, 0) is 0 Å². The number of carbonyl (C=O) groups is 1. The van der Waals surface area contributed by atoms with Crippen LogP contribution in [0.15, 0.2) is 61.3 Å². The molecular weight excluding hydrogens is 378 g/mol. The van der Waals surface area contributed by atoms with Crippen LogP contribution in [0.1, 0.15) is 24.2 Å². The number of nitrogens with zero attached hydrogens (tertiary/aromatic N) is 4. The fraction of sp³-hybridized carbons (Fsp3) is 0.217. The number of aromatic amines is 1. The summed E-state index contributed by atoms with van der Waals surface area (Å²) < 4.78 is 0. The number of amides is 1. The molecule has 0 spiro atoms. The van der Waals surface area contributed by atoms with Crippen LogP contribution in [0.3, 0.4) is 0 Å². The number of pyridine rings is 2. The highest BCUT2D eigenvalue weighted by atomic mass is 16.3. The number of hydrogen-bond acceptors (Lipinski definition) is 5. The lowest BCUT2D eigenvalue weighted by molar-refractivity contribution is 0.0765. The molecule has 4 aromatic rings. The predicted octanol–water partition coefficient (Wildman–Crippen LogP) is 3.53. The molecule has 0 radical (unpaired) electrons. The molecular formula is C23H23N5O2. The van der Waals surface area contributed by atoms with E-state index in [2.05, 4.69) is 20.2 Å². The zero-order chi connectivity index (χ0) is 19.8. The van der Waals surface area contributed by atoms with Crippen LogP contribution in [0, 0.1) is 0 Å². The van der Waals surface area contributed by atoms with Gasteiger partial charge in [-0.15, -0.1) is 0 Å². The molecule has 7 heteroatoms. The molecule has 1 amide bonds. The van der Waals surface area contributed by atoms with Crippen molar-refractivity contribution < 1.29 is 9.90 Å². The van der Waals surface area contributed by atoms with Gasteiger partial charge in [-0.2, -0.15) is 5.10 Å². The Hall–Kier alpha value is -3.58. The number of likely N-dealkylation sites (tertiary alicyclic amines) is 1. The number of β-amino-alcohol motifs (C(OH)–C–C–N with tert-alkyl or cyclic N) is 1. The summed E-state index contributed by atoms with van der Waals surface area (Å²) in [5.41, 5.74) is 5.27. The lowest BCUT2D eigenvalue weighted by Crippen LogP contribution is -2.29. The van der Waals surface area contributed by atoms with E-state index < -0.39 is 6.10 Å². The Bertz CT molecular complexity index is 1170. The first kappa shape index (κ1) is 19.7. The lowest BCUT2D eigenvalue weighted by atomic mass is 9.99. The molecule has 3 aromatic heterocycles. The van der Waals surface area contributed by atoms with Crippen molar-refractivity contribution in [1.82, 2.24) is 25.1 Å². The van der Waals surface area contributed by atoms with Crippen molar-refractivity contribution >= 4 is 16.8 Å². The molecule has 1 atom stereocenters. The van der Waals surface area contributed by atoms with Crippen molar-refractivity contribution in [1.29, 1.82) is 0 Å². The van der Waals surface area contributed by atoms with E-state index >= 15 is 0 Å². The molecule has 1 aliphatic rings. The Morgan fingerprint density at radius 2 is 1.87 bits per heavy atom. The van der Waals surface area contributed by atoms with Crippen molar-refractivity contribution in [2.75, 3.05) is 13.1 Å². The Balaban J connectivity index is 0.00000218. The molecule has 0 saturated carbocycles. The van der Waals surface area contributed by atoms with Gasteiger partial charge in [0.05, 0.1) is 29.6 Å². The minimum atomic E-state index is -0.444. The largest absolute Gasteiger partial charge is 0.391 e. The quantitative estimate of drug-likeness (QED) is 0.548. The van der Waals surface area contributed by atoms with Gasteiger partial charge in [0.15, 0.2) is 0 Å². The Morgan fingerprint density at radius 1 is 1.07 bits per heavy atom. The van der Waals surface area contributed by atoms with Gasteiger partial charge < -0.3 is 10.0 Å². The van der Waals surface area contributed by atoms with E-state index in [4.69, 9.17) is 0 Å². The van der Waals surface area contributed by atoms with Crippen molar-refractivity contribution in [3.8, 4) is 22.3 Å². The van der Waals surface area contributed by atoms with Gasteiger partial charge in [0, 0.05) is 48.2 Å². The van der Waals surface area contributed by atoms with Gasteiger partial charge in [0.1, 0.15) is 0 Å². The van der Waals surface area contributed by atoms with E-state index in [9.17, 15) is 9.90 Å². The smallest absolute Gasteiger partial charge is 0.255 e. The van der Waals surface area contributed by atoms with Gasteiger partial charge in [-0.05, 0) is 23.6 Å². The van der Waals surface area contributed by atoms with Crippen LogP contribution in [-0.4, -0.2) is 55.3 Å². The molecule has 1 aliphatic heterocycles. The normalized spacial score (nSPS) is 15.9. The molecule has 7 nitrogen and oxygen atoms in total. The maximum Gasteiger partial charge on any atom is 0.255 e. The average molecular weight is 401 g/mol. The molecule has 1 saturated heterocycles. The molecule has 2 N–H and O–H groups in total. The van der Waals surface area contributed by atoms with Crippen molar-refractivity contribution in [2.24, 2.45) is 0 Å². The SMILES string of the molecule is C.O=C(c1cnc2cncc(-c3ccc(-c4cn[nH]c4)cc3)c2c1)N1CCC(O)C1. The number of nitrogens with one attached hydrogen (secondary N) is 1. The summed E-state index contributed by atoms with van der Waals surface area (Å²) >= 11 is 0. The second-order valence-corrected chi connectivity index (χ2v) is 7.24. The molecule has 4 heterocycles. The van der Waals surface area contributed by atoms with E-state index in [1.807, 2.05) is 36.5 Å². The summed E-state index contributed by atoms with van der Waals surface area (Å²) in [5, 5.41) is 17.4. The van der Waals surface area contributed by atoms with Crippen molar-refractivity contribution in [3.63, 3.8) is 0 Å². The van der Waals surface area contributed by atoms with Gasteiger partial charge in [-0.25, -0.2) is 0 Å². The summed E-state index contributed by atoms with van der Waals surface area (Å²) in [7, 11) is 0. The van der Waals surface area contributed by atoms with Gasteiger partial charge in [-0.1, -0.05) is 31.7 Å². The van der Waals surface area contributed by atoms with E-state index in [0.717, 1.165) is 33.2 Å². The molecule has 30 heavy (non-hydrogen) atoms. The minimum absolute atomic E-state index is 0. The zero-order valence-electron chi connectivity index (χ0n) is 15.6. The van der Waals surface area contributed by atoms with Crippen LogP contribution in [0.4, 0.5) is 0 Å². The number of carbonyl (C=O) groups excluding carboxylic acids is 1. The third-order valence-electron chi connectivity index (χ3n) is 5.33. The molecule has 152 valence electrons. The Morgan fingerprint density at radius 3 is 2.57 bits per heavy atom. The van der Waals surface area contributed by atoms with Gasteiger partial charge in [0.25, 0.3) is 5.91 Å². The number of fused-ring (bicyclic) bond motifs is 1. The number of H-pyrrole nitrogens is 1. The second kappa shape index (κ2) is 8.04. The first-order valence-electron chi connectivity index (χ1n) is 9.50. The fourth-order valence-corrected chi connectivity index (χ4v) is 3.75. The number of aromatic nitrogens is 4. The summed E-state index contributed by atoms with van der Waals surface area (Å²) in [6, 6.07) is 10.0. The molecule has 1 aromatic carbocycles. The molecule has 5 rings (SSSR count). The molecule has 0 bridgehead atoms. The van der Waals surface area contributed by atoms with E-state index in [1.54, 1.807) is 29.7 Å². The minimum Gasteiger partial charge on any atom is -0.391 e. The van der Waals surface area contributed by atoms with Crippen LogP contribution < -0.4 is 0 Å². The summed E-state index contributed by atoms with van der Waals surface area (Å²) in [5.74, 6) is -0.103. The first-order valence-corrected chi connectivity index (χ1v) is 9.50. The summed E-state index contributed by atoms with van der Waals surface area (Å²) in [6.45, 7) is 0.937. The lowest BCUT2D eigenvalue weighted by Gasteiger charge is -2.16. The first-order chi connectivity index (χ1) is 14.2. The van der Waals surface area contributed by atoms with Crippen LogP contribution in [0.5, 0.6) is 0 Å².